The van der Waals surface area contributed by atoms with Crippen molar-refractivity contribution in [1.82, 2.24) is 28.0 Å². The first kappa shape index (κ1) is 20.9. The van der Waals surface area contributed by atoms with Gasteiger partial charge >= 0.3 is 0 Å². The molecule has 0 radical (unpaired) electrons. The summed E-state index contributed by atoms with van der Waals surface area (Å²) in [6.45, 7) is 0.890. The number of nitrogen functional groups attached to an aromatic ring is 1. The van der Waals surface area contributed by atoms with E-state index in [0.29, 0.717) is 11.4 Å². The molecule has 0 spiro atoms. The minimum atomic E-state index is -0.467. The number of anilines is 2. The van der Waals surface area contributed by atoms with E-state index < -0.39 is 5.91 Å². The molecule has 0 atom stereocenters. The molecule has 0 aliphatic carbocycles. The summed E-state index contributed by atoms with van der Waals surface area (Å²) in [5, 5.41) is 2.83. The van der Waals surface area contributed by atoms with E-state index in [2.05, 4.69) is 51.6 Å². The number of hydrogen-bond donors (Lipinski definition) is 3. The number of aromatic nitrogens is 5. The minimum absolute atomic E-state index is 0.0520. The lowest BCUT2D eigenvalue weighted by Gasteiger charge is -2.12. The predicted octanol–water partition coefficient (Wildman–Crippen LogP) is 3.04. The van der Waals surface area contributed by atoms with Crippen molar-refractivity contribution in [3.05, 3.63) is 78.9 Å². The standard InChI is InChI=1S/C21H19IN8O/c22-27-8-5-14-1-3-15(4-2-14)16-12-26-20(23)19(28-16)21(31)29-17-11-24-7-6-18(17)30-10-9-25-13-30/h1-4,6-7,9-13,27H,5,8H2,(H2,23,26)(H,29,31). The third-order valence-corrected chi connectivity index (χ3v) is 5.14. The van der Waals surface area contributed by atoms with Crippen molar-refractivity contribution in [2.75, 3.05) is 17.6 Å². The van der Waals surface area contributed by atoms with Crippen LogP contribution in [0.4, 0.5) is 11.5 Å². The molecule has 3 aromatic heterocycles. The van der Waals surface area contributed by atoms with Gasteiger partial charge in [0.2, 0.25) is 0 Å². The smallest absolute Gasteiger partial charge is 0.278 e. The van der Waals surface area contributed by atoms with Crippen molar-refractivity contribution in [3.8, 4) is 16.9 Å². The maximum atomic E-state index is 13.0. The molecule has 156 valence electrons. The lowest BCUT2D eigenvalue weighted by molar-refractivity contribution is 0.102. The molecule has 31 heavy (non-hydrogen) atoms. The Balaban J connectivity index is 1.59. The van der Waals surface area contributed by atoms with Crippen molar-refractivity contribution >= 4 is 40.3 Å². The first-order chi connectivity index (χ1) is 15.2. The molecule has 0 fully saturated rings. The summed E-state index contributed by atoms with van der Waals surface area (Å²) in [7, 11) is 0. The molecular weight excluding hydrogens is 507 g/mol. The summed E-state index contributed by atoms with van der Waals surface area (Å²) in [5.74, 6) is -0.412. The summed E-state index contributed by atoms with van der Waals surface area (Å²) in [5.41, 5.74) is 9.87. The van der Waals surface area contributed by atoms with Crippen LogP contribution in [0.2, 0.25) is 0 Å². The van der Waals surface area contributed by atoms with E-state index in [4.69, 9.17) is 5.73 Å². The largest absolute Gasteiger partial charge is 0.382 e. The Morgan fingerprint density at radius 3 is 2.68 bits per heavy atom. The Labute approximate surface area is 192 Å². The number of pyridine rings is 1. The van der Waals surface area contributed by atoms with Crippen LogP contribution in [0.15, 0.2) is 67.6 Å². The Kier molecular flexibility index (Phi) is 6.48. The van der Waals surface area contributed by atoms with E-state index in [-0.39, 0.29) is 11.5 Å². The van der Waals surface area contributed by atoms with Gasteiger partial charge in [-0.2, -0.15) is 0 Å². The van der Waals surface area contributed by atoms with Crippen LogP contribution in [0.1, 0.15) is 16.1 Å². The van der Waals surface area contributed by atoms with Gasteiger partial charge in [0, 0.05) is 53.6 Å². The number of nitrogens with one attached hydrogen (secondary N) is 2. The molecule has 0 saturated heterocycles. The number of nitrogens with zero attached hydrogens (tertiary/aromatic N) is 5. The van der Waals surface area contributed by atoms with Crippen LogP contribution in [0, 0.1) is 0 Å². The van der Waals surface area contributed by atoms with Crippen molar-refractivity contribution in [3.63, 3.8) is 0 Å². The van der Waals surface area contributed by atoms with Crippen LogP contribution < -0.4 is 14.6 Å². The van der Waals surface area contributed by atoms with Crippen molar-refractivity contribution < 1.29 is 4.79 Å². The second kappa shape index (κ2) is 9.62. The fourth-order valence-electron chi connectivity index (χ4n) is 3.03. The molecule has 3 heterocycles. The highest BCUT2D eigenvalue weighted by Gasteiger charge is 2.17. The average molecular weight is 526 g/mol. The summed E-state index contributed by atoms with van der Waals surface area (Å²) >= 11 is 2.13. The molecule has 10 heteroatoms. The zero-order valence-corrected chi connectivity index (χ0v) is 18.5. The van der Waals surface area contributed by atoms with Gasteiger partial charge in [0.15, 0.2) is 11.5 Å². The molecule has 0 aliphatic rings. The van der Waals surface area contributed by atoms with Gasteiger partial charge < -0.3 is 15.6 Å². The van der Waals surface area contributed by atoms with Crippen molar-refractivity contribution in [2.24, 2.45) is 0 Å². The quantitative estimate of drug-likeness (QED) is 0.250. The zero-order chi connectivity index (χ0) is 21.6. The van der Waals surface area contributed by atoms with Crippen molar-refractivity contribution in [2.45, 2.75) is 6.42 Å². The number of hydrogen-bond acceptors (Lipinski definition) is 7. The van der Waals surface area contributed by atoms with Gasteiger partial charge in [-0.15, -0.1) is 0 Å². The molecule has 4 aromatic rings. The topological polar surface area (TPSA) is 124 Å². The second-order valence-corrected chi connectivity index (χ2v) is 7.40. The molecule has 1 aromatic carbocycles. The number of nitrogens with two attached hydrogens (primary N) is 1. The number of halogens is 1. The van der Waals surface area contributed by atoms with Crippen LogP contribution >= 0.6 is 22.9 Å². The summed E-state index contributed by atoms with van der Waals surface area (Å²) in [6, 6.07) is 9.77. The normalized spacial score (nSPS) is 10.7. The van der Waals surface area contributed by atoms with Crippen molar-refractivity contribution in [1.29, 1.82) is 0 Å². The molecular formula is C21H19IN8O. The highest BCUT2D eigenvalue weighted by atomic mass is 127. The van der Waals surface area contributed by atoms with Crippen LogP contribution in [0.5, 0.6) is 0 Å². The number of carbonyl (C=O) groups excluding carboxylic acids is 1. The molecule has 4 N–H and O–H groups in total. The van der Waals surface area contributed by atoms with E-state index in [1.807, 2.05) is 24.3 Å². The van der Waals surface area contributed by atoms with Gasteiger partial charge in [-0.3, -0.25) is 13.3 Å². The van der Waals surface area contributed by atoms with E-state index in [9.17, 15) is 4.79 Å². The van der Waals surface area contributed by atoms with E-state index in [1.165, 1.54) is 5.56 Å². The summed E-state index contributed by atoms with van der Waals surface area (Å²) < 4.78 is 4.88. The molecule has 0 bridgehead atoms. The monoisotopic (exact) mass is 526 g/mol. The molecule has 0 unspecified atom stereocenters. The Morgan fingerprint density at radius 2 is 1.94 bits per heavy atom. The maximum absolute atomic E-state index is 13.0. The lowest BCUT2D eigenvalue weighted by atomic mass is 10.1. The van der Waals surface area contributed by atoms with Gasteiger partial charge in [0.1, 0.15) is 0 Å². The Bertz CT molecular complexity index is 1180. The van der Waals surface area contributed by atoms with Gasteiger partial charge in [-0.05, 0) is 18.1 Å². The molecule has 4 rings (SSSR count). The predicted molar refractivity (Wildman–Crippen MR) is 127 cm³/mol. The van der Waals surface area contributed by atoms with Crippen LogP contribution in [-0.2, 0) is 6.42 Å². The maximum Gasteiger partial charge on any atom is 0.278 e. The number of amides is 1. The van der Waals surface area contributed by atoms with Gasteiger partial charge in [0.25, 0.3) is 5.91 Å². The van der Waals surface area contributed by atoms with Gasteiger partial charge in [-0.25, -0.2) is 15.0 Å². The van der Waals surface area contributed by atoms with E-state index >= 15 is 0 Å². The highest BCUT2D eigenvalue weighted by Crippen LogP contribution is 2.22. The van der Waals surface area contributed by atoms with Gasteiger partial charge in [0.05, 0.1) is 35.8 Å². The number of carbonyl (C=O) groups is 1. The van der Waals surface area contributed by atoms with Crippen LogP contribution in [0.3, 0.4) is 0 Å². The van der Waals surface area contributed by atoms with Crippen LogP contribution in [-0.4, -0.2) is 37.0 Å². The second-order valence-electron chi connectivity index (χ2n) is 6.64. The zero-order valence-electron chi connectivity index (χ0n) is 16.4. The third-order valence-electron chi connectivity index (χ3n) is 4.60. The molecule has 1 amide bonds. The summed E-state index contributed by atoms with van der Waals surface area (Å²) in [6.07, 6.45) is 10.8. The first-order valence-corrected chi connectivity index (χ1v) is 10.5. The first-order valence-electron chi connectivity index (χ1n) is 9.44. The Morgan fingerprint density at radius 1 is 1.10 bits per heavy atom. The fraction of sp³-hybridized carbons (Fsp3) is 0.0952. The number of benzene rings is 1. The minimum Gasteiger partial charge on any atom is -0.382 e. The SMILES string of the molecule is Nc1ncc(-c2ccc(CCNI)cc2)nc1C(=O)Nc1cnccc1-n1ccnc1. The highest BCUT2D eigenvalue weighted by molar-refractivity contribution is 14.1. The molecule has 9 nitrogen and oxygen atoms in total. The third kappa shape index (κ3) is 4.86. The average Bonchev–Trinajstić information content (AvgIpc) is 3.33. The number of rotatable bonds is 7. The summed E-state index contributed by atoms with van der Waals surface area (Å²) in [4.78, 5) is 29.7. The van der Waals surface area contributed by atoms with E-state index in [0.717, 1.165) is 24.2 Å². The van der Waals surface area contributed by atoms with Gasteiger partial charge in [-0.1, -0.05) is 24.3 Å². The lowest BCUT2D eigenvalue weighted by Crippen LogP contribution is -2.18. The molecule has 0 saturated carbocycles. The Hall–Kier alpha value is -3.38. The number of imidazole rings is 1. The van der Waals surface area contributed by atoms with E-state index in [1.54, 1.807) is 47.9 Å². The van der Waals surface area contributed by atoms with Crippen LogP contribution in [0.25, 0.3) is 16.9 Å². The fourth-order valence-corrected chi connectivity index (χ4v) is 3.30. The molecule has 0 aliphatic heterocycles.